The molecule has 1 aromatic rings. The largest absolute Gasteiger partial charge is 0.416 e. The van der Waals surface area contributed by atoms with E-state index < -0.39 is 39.1 Å². The number of nitrogens with one attached hydrogen (secondary N) is 1. The molecule has 0 atom stereocenters. The zero-order valence-corrected chi connectivity index (χ0v) is 15.1. The number of nitroso groups, excluding NO2 is 1. The van der Waals surface area contributed by atoms with Gasteiger partial charge in [0, 0.05) is 13.1 Å². The van der Waals surface area contributed by atoms with Crippen LogP contribution >= 0.6 is 0 Å². The SMILES string of the molecule is CON[N+](=O)CC(=O)N1CCCN(S(=O)(=O)c2cccc(C(F)(F)F)c2)C1. The lowest BCUT2D eigenvalue weighted by Crippen LogP contribution is -2.51. The van der Waals surface area contributed by atoms with Crippen LogP contribution in [0.15, 0.2) is 29.2 Å². The van der Waals surface area contributed by atoms with Gasteiger partial charge in [-0.1, -0.05) is 6.07 Å². The first-order chi connectivity index (χ1) is 12.6. The molecule has 0 unspecified atom stereocenters. The van der Waals surface area contributed by atoms with Gasteiger partial charge in [0.2, 0.25) is 10.0 Å². The molecular formula is C14H18F3N4O5S+. The molecule has 1 aliphatic rings. The number of amides is 1. The van der Waals surface area contributed by atoms with Gasteiger partial charge in [0.15, 0.2) is 4.87 Å². The fourth-order valence-corrected chi connectivity index (χ4v) is 3.99. The molecule has 0 bridgehead atoms. The van der Waals surface area contributed by atoms with E-state index in [2.05, 4.69) is 4.84 Å². The Morgan fingerprint density at radius 3 is 2.67 bits per heavy atom. The number of halogens is 3. The van der Waals surface area contributed by atoms with Crippen molar-refractivity contribution in [2.75, 3.05) is 33.4 Å². The van der Waals surface area contributed by atoms with Gasteiger partial charge in [0.25, 0.3) is 5.91 Å². The van der Waals surface area contributed by atoms with E-state index in [1.54, 1.807) is 0 Å². The number of hydrogen-bond acceptors (Lipinski definition) is 5. The summed E-state index contributed by atoms with van der Waals surface area (Å²) in [6, 6.07) is 3.40. The summed E-state index contributed by atoms with van der Waals surface area (Å²) in [7, 11) is -3.06. The molecule has 0 spiro atoms. The molecule has 1 amide bonds. The summed E-state index contributed by atoms with van der Waals surface area (Å²) in [6.45, 7) is -0.725. The summed E-state index contributed by atoms with van der Waals surface area (Å²) < 4.78 is 64.8. The van der Waals surface area contributed by atoms with Gasteiger partial charge < -0.3 is 4.90 Å². The van der Waals surface area contributed by atoms with Crippen molar-refractivity contribution < 1.29 is 36.1 Å². The molecule has 0 aromatic heterocycles. The van der Waals surface area contributed by atoms with Crippen LogP contribution in [0, 0.1) is 4.91 Å². The quantitative estimate of drug-likeness (QED) is 0.547. The van der Waals surface area contributed by atoms with Crippen molar-refractivity contribution >= 4 is 15.9 Å². The average Bonchev–Trinajstić information content (AvgIpc) is 2.61. The Morgan fingerprint density at radius 1 is 1.33 bits per heavy atom. The van der Waals surface area contributed by atoms with Crippen molar-refractivity contribution in [2.24, 2.45) is 0 Å². The molecule has 150 valence electrons. The van der Waals surface area contributed by atoms with E-state index in [0.717, 1.165) is 27.4 Å². The number of carbonyl (C=O) groups is 1. The molecule has 1 N–H and O–H groups in total. The van der Waals surface area contributed by atoms with Crippen LogP contribution in [0.3, 0.4) is 0 Å². The van der Waals surface area contributed by atoms with Gasteiger partial charge in [-0.2, -0.15) is 17.5 Å². The fourth-order valence-electron chi connectivity index (χ4n) is 2.51. The predicted octanol–water partition coefficient (Wildman–Crippen LogP) is 0.731. The molecular weight excluding hydrogens is 393 g/mol. The smallest absolute Gasteiger partial charge is 0.323 e. The van der Waals surface area contributed by atoms with Gasteiger partial charge >= 0.3 is 12.7 Å². The molecule has 27 heavy (non-hydrogen) atoms. The maximum absolute atomic E-state index is 12.8. The minimum Gasteiger partial charge on any atom is -0.323 e. The molecule has 1 fully saturated rings. The summed E-state index contributed by atoms with van der Waals surface area (Å²) in [4.78, 5) is 28.5. The van der Waals surface area contributed by atoms with Crippen LogP contribution in [0.25, 0.3) is 0 Å². The summed E-state index contributed by atoms with van der Waals surface area (Å²) in [6.07, 6.45) is -4.40. The van der Waals surface area contributed by atoms with E-state index >= 15 is 0 Å². The van der Waals surface area contributed by atoms with Crippen molar-refractivity contribution in [3.8, 4) is 0 Å². The van der Waals surface area contributed by atoms with Crippen molar-refractivity contribution in [3.05, 3.63) is 34.7 Å². The monoisotopic (exact) mass is 411 g/mol. The number of benzene rings is 1. The van der Waals surface area contributed by atoms with Crippen LogP contribution in [-0.2, 0) is 25.8 Å². The van der Waals surface area contributed by atoms with Crippen LogP contribution in [0.1, 0.15) is 12.0 Å². The van der Waals surface area contributed by atoms with Crippen molar-refractivity contribution in [2.45, 2.75) is 17.5 Å². The minimum absolute atomic E-state index is 0.0414. The number of sulfonamides is 1. The van der Waals surface area contributed by atoms with Crippen molar-refractivity contribution in [1.82, 2.24) is 14.8 Å². The topological polar surface area (TPSA) is 99.0 Å². The second-order valence-corrected chi connectivity index (χ2v) is 7.63. The van der Waals surface area contributed by atoms with Gasteiger partial charge in [0.05, 0.1) is 29.1 Å². The van der Waals surface area contributed by atoms with Crippen LogP contribution in [-0.4, -0.2) is 61.8 Å². The van der Waals surface area contributed by atoms with E-state index in [1.807, 2.05) is 5.59 Å². The lowest BCUT2D eigenvalue weighted by Gasteiger charge is -2.34. The highest BCUT2D eigenvalue weighted by Gasteiger charge is 2.35. The Morgan fingerprint density at radius 2 is 2.04 bits per heavy atom. The number of rotatable bonds is 6. The third-order valence-electron chi connectivity index (χ3n) is 3.79. The lowest BCUT2D eigenvalue weighted by molar-refractivity contribution is -0.649. The van der Waals surface area contributed by atoms with E-state index in [0.29, 0.717) is 6.07 Å². The molecule has 1 saturated heterocycles. The Balaban J connectivity index is 2.17. The molecule has 0 aliphatic carbocycles. The van der Waals surface area contributed by atoms with Gasteiger partial charge in [-0.15, -0.1) is 0 Å². The highest BCUT2D eigenvalue weighted by atomic mass is 32.2. The number of nitrogens with zero attached hydrogens (tertiary/aromatic N) is 3. The van der Waals surface area contributed by atoms with E-state index in [1.165, 1.54) is 7.11 Å². The number of hydrazine groups is 1. The Labute approximate surface area is 153 Å². The Hall–Kier alpha value is -2.25. The third-order valence-corrected chi connectivity index (χ3v) is 5.62. The molecule has 0 radical (unpaired) electrons. The zero-order chi connectivity index (χ0) is 20.2. The van der Waals surface area contributed by atoms with Crippen LogP contribution in [0.2, 0.25) is 0 Å². The van der Waals surface area contributed by atoms with Crippen LogP contribution < -0.4 is 5.59 Å². The summed E-state index contributed by atoms with van der Waals surface area (Å²) in [5.74, 6) is -0.654. The summed E-state index contributed by atoms with van der Waals surface area (Å²) in [5.41, 5.74) is 0.813. The normalized spacial score (nSPS) is 16.2. The summed E-state index contributed by atoms with van der Waals surface area (Å²) in [5, 5.41) is 0. The number of carbonyl (C=O) groups excluding carboxylic acids is 1. The third kappa shape index (κ3) is 5.14. The van der Waals surface area contributed by atoms with Gasteiger partial charge in [0.1, 0.15) is 0 Å². The van der Waals surface area contributed by atoms with Gasteiger partial charge in [-0.3, -0.25) is 4.79 Å². The van der Waals surface area contributed by atoms with E-state index in [9.17, 15) is 31.3 Å². The Kier molecular flexibility index (Phi) is 6.38. The highest BCUT2D eigenvalue weighted by Crippen LogP contribution is 2.31. The van der Waals surface area contributed by atoms with Crippen LogP contribution in [0.5, 0.6) is 0 Å². The van der Waals surface area contributed by atoms with E-state index in [4.69, 9.17) is 0 Å². The standard InChI is InChI=1S/C14H18F3N4O5S/c1-26-18-21(23)9-13(22)19-6-3-7-20(10-19)27(24,25)12-5-2-4-11(8-12)14(15,16)17/h2,4-5,8H,3,6-7,9-10H2,1H3,(H,18,23)/q+1. The van der Waals surface area contributed by atoms with Gasteiger partial charge in [-0.05, 0) is 30.2 Å². The molecule has 0 saturated carbocycles. The van der Waals surface area contributed by atoms with Gasteiger partial charge in [-0.25, -0.2) is 13.3 Å². The molecule has 1 heterocycles. The molecule has 1 aromatic carbocycles. The zero-order valence-electron chi connectivity index (χ0n) is 14.3. The first kappa shape index (κ1) is 21.1. The maximum Gasteiger partial charge on any atom is 0.416 e. The molecule has 9 nitrogen and oxygen atoms in total. The molecule has 1 aliphatic heterocycles. The average molecular weight is 411 g/mol. The summed E-state index contributed by atoms with van der Waals surface area (Å²) >= 11 is 0. The highest BCUT2D eigenvalue weighted by molar-refractivity contribution is 7.89. The minimum atomic E-state index is -4.68. The number of hydrogen-bond donors (Lipinski definition) is 1. The first-order valence-electron chi connectivity index (χ1n) is 7.74. The van der Waals surface area contributed by atoms with E-state index in [-0.39, 0.29) is 31.0 Å². The first-order valence-corrected chi connectivity index (χ1v) is 9.18. The predicted molar refractivity (Wildman–Crippen MR) is 85.2 cm³/mol. The Bertz CT molecular complexity index is 815. The fraction of sp³-hybridized carbons (Fsp3) is 0.500. The second-order valence-electron chi connectivity index (χ2n) is 5.69. The number of alkyl halides is 3. The maximum atomic E-state index is 12.8. The molecule has 13 heteroatoms. The lowest BCUT2D eigenvalue weighted by atomic mass is 10.2. The van der Waals surface area contributed by atoms with Crippen molar-refractivity contribution in [3.63, 3.8) is 0 Å². The van der Waals surface area contributed by atoms with Crippen LogP contribution in [0.4, 0.5) is 13.2 Å². The molecule has 2 rings (SSSR count). The second kappa shape index (κ2) is 8.19. The van der Waals surface area contributed by atoms with Crippen molar-refractivity contribution in [1.29, 1.82) is 0 Å².